The number of anilines is 3. The molecule has 0 spiro atoms. The van der Waals surface area contributed by atoms with Crippen LogP contribution in [-0.4, -0.2) is 199 Å². The highest BCUT2D eigenvalue weighted by atomic mass is 31.2. The lowest BCUT2D eigenvalue weighted by atomic mass is 10.1. The Hall–Kier alpha value is -10.2. The molecule has 9 aliphatic rings. The summed E-state index contributed by atoms with van der Waals surface area (Å²) in [6.45, 7) is 24.0. The summed E-state index contributed by atoms with van der Waals surface area (Å²) in [6.07, 6.45) is 16.1. The van der Waals surface area contributed by atoms with Gasteiger partial charge in [0.1, 0.15) is 60.8 Å². The number of ether oxygens (including phenoxy) is 4. The summed E-state index contributed by atoms with van der Waals surface area (Å²) in [5.41, 5.74) is 2.95. The molecule has 9 aliphatic heterocycles. The number of amides is 3. The fourth-order valence-electron chi connectivity index (χ4n) is 21.9. The lowest BCUT2D eigenvalue weighted by Gasteiger charge is -2.32. The first-order chi connectivity index (χ1) is 70.1. The van der Waals surface area contributed by atoms with E-state index in [1.165, 1.54) is 42.1 Å². The second-order valence-corrected chi connectivity index (χ2v) is 57.0. The molecule has 0 bridgehead atoms. The molecule has 3 amide bonds. The van der Waals surface area contributed by atoms with Gasteiger partial charge in [-0.05, 0) is 100 Å². The molecule has 36 heteroatoms. The van der Waals surface area contributed by atoms with Crippen molar-refractivity contribution in [3.05, 3.63) is 266 Å². The van der Waals surface area contributed by atoms with Gasteiger partial charge >= 0.3 is 5.69 Å². The molecular weight excluding hydrogens is 1920 g/mol. The number of benzene rings is 7. The van der Waals surface area contributed by atoms with Crippen LogP contribution in [0.4, 0.5) is 17.5 Å². The van der Waals surface area contributed by atoms with Crippen molar-refractivity contribution in [1.82, 2.24) is 57.6 Å². The number of carbonyl (C=O) groups excluding carboxylic acids is 3. The number of pyridine rings is 1. The van der Waals surface area contributed by atoms with Gasteiger partial charge in [0.05, 0.1) is 85.8 Å². The highest BCUT2D eigenvalue weighted by Gasteiger charge is 2.56. The zero-order chi connectivity index (χ0) is 99.8. The summed E-state index contributed by atoms with van der Waals surface area (Å²) < 4.78 is 79.8. The molecule has 756 valence electrons. The number of rotatable bonds is 33. The fraction of sp³-hybridized carbons (Fsp3) is 0.435. The summed E-state index contributed by atoms with van der Waals surface area (Å²) in [6, 6.07) is 84.6. The Labute approximate surface area is 850 Å². The van der Waals surface area contributed by atoms with E-state index in [-0.39, 0.29) is 123 Å². The van der Waals surface area contributed by atoms with Crippen molar-refractivity contribution < 1.29 is 61.9 Å². The number of nitrogens with zero attached hydrogens (tertiary/aromatic N) is 13. The van der Waals surface area contributed by atoms with Crippen molar-refractivity contribution in [1.29, 1.82) is 5.26 Å². The van der Waals surface area contributed by atoms with E-state index in [1.54, 1.807) is 77.0 Å². The van der Waals surface area contributed by atoms with Crippen LogP contribution < -0.4 is 57.5 Å². The van der Waals surface area contributed by atoms with Crippen LogP contribution in [0.3, 0.4) is 0 Å². The van der Waals surface area contributed by atoms with Gasteiger partial charge in [-0.1, -0.05) is 299 Å². The quantitative estimate of drug-likeness (QED) is 0.0195. The summed E-state index contributed by atoms with van der Waals surface area (Å²) >= 11 is 0. The first kappa shape index (κ1) is 102. The van der Waals surface area contributed by atoms with Crippen molar-refractivity contribution in [3.63, 3.8) is 0 Å². The normalized spacial score (nSPS) is 25.8. The summed E-state index contributed by atoms with van der Waals surface area (Å²) in [4.78, 5) is 77.6. The van der Waals surface area contributed by atoms with Gasteiger partial charge in [-0.15, -0.1) is 0 Å². The highest BCUT2D eigenvalue weighted by molar-refractivity contribution is 7.45. The number of aromatic nitrogens is 9. The molecule has 12 aromatic rings. The Kier molecular flexibility index (Phi) is 32.7. The highest BCUT2D eigenvalue weighted by Crippen LogP contribution is 2.62. The van der Waals surface area contributed by atoms with Gasteiger partial charge in [0, 0.05) is 88.2 Å². The average Bonchev–Trinajstić information content (AvgIpc) is 1.64. The number of hydrogen-bond acceptors (Lipinski definition) is 24. The van der Waals surface area contributed by atoms with E-state index < -0.39 is 67.9 Å². The smallest absolute Gasteiger partial charge is 0.351 e. The first-order valence-electron chi connectivity index (χ1n) is 51.2. The van der Waals surface area contributed by atoms with E-state index in [2.05, 4.69) is 288 Å². The van der Waals surface area contributed by atoms with Crippen LogP contribution in [0.25, 0.3) is 22.3 Å². The van der Waals surface area contributed by atoms with Crippen LogP contribution >= 0.6 is 25.6 Å². The van der Waals surface area contributed by atoms with Gasteiger partial charge in [0.2, 0.25) is 23.6 Å². The molecule has 7 aromatic carbocycles. The molecule has 18 atom stereocenters. The Morgan fingerprint density at radius 1 is 0.458 bits per heavy atom. The zero-order valence-electron chi connectivity index (χ0n) is 83.5. The number of hydrogen-bond donors (Lipinski definition) is 3. The maximum atomic E-state index is 12.9. The topological polar surface area (TPSA) is 322 Å². The SMILES string of the molecule is CC[C@H]1O[C@@H](n2ccc(NC(=O)C(C)C)nc2=O)C[C@H]1O[P@@]1O[C@H](C[Si](C)(c2ccccc2)c2ccccc2)[C@@H]2CCCN21.CC[C@H]1O[C@@H](n2cnc3c(NC(=O)c4ccccc4)ccnc32)C[C@H]1O[P@@]1O[C@H](C[Si](C)(c2ccccc2)c2ccccc2)[C@@H]2CCCN21.CC[C@H]1O[C@@H](n2cnc3c(OCCC#N)nc(NC(=O)C(C)C)nc32)C[C@H]1O[P@@]1O[C@H](C[Si](C)(c2ccccc2)c2ccccc2)[C@@H]2CCCN21.[HH]. The van der Waals surface area contributed by atoms with Crippen LogP contribution in [0.2, 0.25) is 37.8 Å². The van der Waals surface area contributed by atoms with Crippen molar-refractivity contribution in [3.8, 4) is 11.9 Å². The third-order valence-electron chi connectivity index (χ3n) is 30.0. The Balaban J connectivity index is 0.000000143. The van der Waals surface area contributed by atoms with E-state index in [4.69, 9.17) is 51.4 Å². The molecule has 0 unspecified atom stereocenters. The third-order valence-corrected chi connectivity index (χ3v) is 48.8. The first-order valence-corrected chi connectivity index (χ1v) is 62.7. The van der Waals surface area contributed by atoms with Gasteiger partial charge in [0.15, 0.2) is 16.8 Å². The molecule has 21 rings (SSSR count). The van der Waals surface area contributed by atoms with Crippen LogP contribution in [0, 0.1) is 23.2 Å². The van der Waals surface area contributed by atoms with Gasteiger partial charge in [-0.3, -0.25) is 33.4 Å². The number of nitrogens with one attached hydrogen (secondary N) is 3. The second kappa shape index (κ2) is 46.0. The summed E-state index contributed by atoms with van der Waals surface area (Å²) in [5, 5.41) is 26.1. The van der Waals surface area contributed by atoms with E-state index in [0.717, 1.165) is 89.1 Å². The minimum absolute atomic E-state index is 0. The van der Waals surface area contributed by atoms with E-state index >= 15 is 0 Å². The van der Waals surface area contributed by atoms with Crippen molar-refractivity contribution in [2.75, 3.05) is 42.2 Å². The van der Waals surface area contributed by atoms with Gasteiger partial charge in [0.25, 0.3) is 31.5 Å². The molecule has 0 saturated carbocycles. The minimum Gasteiger partial charge on any atom is -0.475 e. The molecule has 9 saturated heterocycles. The molecule has 9 fully saturated rings. The predicted molar refractivity (Wildman–Crippen MR) is 572 cm³/mol. The monoisotopic (exact) mass is 2050 g/mol. The number of carbonyl (C=O) groups is 3. The molecule has 144 heavy (non-hydrogen) atoms. The van der Waals surface area contributed by atoms with E-state index in [1.807, 2.05) is 27.3 Å². The number of nitriles is 1. The molecular formula is C108H133N16O14P3Si3. The molecule has 5 aromatic heterocycles. The van der Waals surface area contributed by atoms with Gasteiger partial charge < -0.3 is 56.7 Å². The van der Waals surface area contributed by atoms with Crippen LogP contribution in [-0.2, 0) is 50.9 Å². The van der Waals surface area contributed by atoms with Crippen LogP contribution in [0.15, 0.2) is 254 Å². The molecule has 14 heterocycles. The largest absolute Gasteiger partial charge is 0.475 e. The van der Waals surface area contributed by atoms with Gasteiger partial charge in [-0.25, -0.2) is 33.8 Å². The molecule has 30 nitrogen and oxygen atoms in total. The molecule has 0 radical (unpaired) electrons. The van der Waals surface area contributed by atoms with E-state index in [9.17, 15) is 19.2 Å². The van der Waals surface area contributed by atoms with Crippen molar-refractivity contribution >= 4 is 138 Å². The number of fused-ring (bicyclic) bond motifs is 5. The lowest BCUT2D eigenvalue weighted by molar-refractivity contribution is -0.119. The Bertz CT molecular complexity index is 6360. The average molecular weight is 2060 g/mol. The van der Waals surface area contributed by atoms with Crippen molar-refractivity contribution in [2.24, 2.45) is 11.8 Å². The van der Waals surface area contributed by atoms with Crippen LogP contribution in [0.1, 0.15) is 162 Å². The lowest BCUT2D eigenvalue weighted by Crippen LogP contribution is -2.58. The standard InChI is InChI=1S/C38H42N5O4PSi.C37H46N7O5PSi.C33H43N4O5PSi.H2/c1-3-32-33(24-35(45-32)42-26-40-36-30(21-22-39-37(36)42)41-38(44)27-14-7-4-8-15-27)46-48-43-23-13-20-31(43)34(47-48)25-49(2,28-16-9-5-10-17-28)29-18-11-6-12-19-29;1-5-29-30(22-32(47-29)43-24-39-33-34(43)40-37(41-35(45)25(2)3)42-36(33)46-21-13-19-38)48-50-44-20-12-18-28(44)31(49-50)23-51(4,26-14-8-6-9-15-26)27-16-10-7-11-17-27;1-5-27-28(21-31(40-27)36-20-18-30(35-33(36)39)34-32(38)23(2)3)41-43-37-19-12-17-26(37)29(42-43)22-44(4,24-13-8-6-9-14-24)25-15-10-7-11-16-25;/h4-12,14-19,21-22,26,31-35H,3,13,20,23-25H2,1-2H3,(H,39,41,44);6-11,14-17,24-25,28-32H,5,12-13,18,20-23H2,1-4H3,(H,40,41,42,45);6-11,13-16,18,20,23,26-29,31H,5,12,17,19,21-22H2,1-4H3,(H,34,35,38,39);1H/t31-,32+,33+,34+,35+,48-;28-,29+,30+,31+,32+,50-;26-,27+,28+,29+,31+,43-;/m000./s1. The Morgan fingerprint density at radius 3 is 1.22 bits per heavy atom. The summed E-state index contributed by atoms with van der Waals surface area (Å²) in [7, 11) is -10.1. The van der Waals surface area contributed by atoms with Crippen LogP contribution in [0.5, 0.6) is 5.88 Å². The Morgan fingerprint density at radius 2 is 0.833 bits per heavy atom. The maximum absolute atomic E-state index is 12.9. The number of imidazole rings is 2. The third kappa shape index (κ3) is 22.2. The maximum Gasteiger partial charge on any atom is 0.351 e. The second-order valence-electron chi connectivity index (χ2n) is 40.0. The van der Waals surface area contributed by atoms with Crippen molar-refractivity contribution in [2.45, 2.75) is 261 Å². The molecule has 3 N–H and O–H groups in total. The summed E-state index contributed by atoms with van der Waals surface area (Å²) in [5.74, 6) is -0.481. The van der Waals surface area contributed by atoms with Gasteiger partial charge in [-0.2, -0.15) is 20.2 Å². The molecule has 0 aliphatic carbocycles. The fourth-order valence-corrected chi connectivity index (χ4v) is 39.8. The minimum atomic E-state index is -2.13. The van der Waals surface area contributed by atoms with E-state index in [0.29, 0.717) is 71.0 Å². The predicted octanol–water partition coefficient (Wildman–Crippen LogP) is 17.7. The zero-order valence-corrected chi connectivity index (χ0v) is 89.2.